The molecule has 46 heavy (non-hydrogen) atoms. The minimum Gasteiger partial charge on any atom is -0.496 e. The Kier molecular flexibility index (Phi) is 7.22. The second-order valence-corrected chi connectivity index (χ2v) is 15.6. The molecule has 2 saturated heterocycles. The van der Waals surface area contributed by atoms with Crippen molar-refractivity contribution in [2.75, 3.05) is 34.3 Å². The lowest BCUT2D eigenvalue weighted by Gasteiger charge is -2.43. The lowest BCUT2D eigenvalue weighted by atomic mass is 9.75. The second-order valence-electron chi connectivity index (χ2n) is 14.0. The van der Waals surface area contributed by atoms with Gasteiger partial charge in [-0.1, -0.05) is 37.5 Å². The van der Waals surface area contributed by atoms with Crippen LogP contribution in [0, 0.1) is 5.92 Å². The Labute approximate surface area is 270 Å². The standard InChI is InChI=1S/C35H43N5O5S/c1-36-46(43,44)37-34(41)32-27-19-39-28(16-26-29(45-3)15-14-23(33(26)39)20-8-5-4-6-9-20)30-24(31(27)32)10-7-11-25(30)35(42)40-21-12-13-22(40)18-38(2)17-21/h7,10,14-16,20-22,25,30,36H,4-6,8-9,11-13,17-19H2,1-3H3,(H,37,41)/t21?,22?,25-,30?/m1/s1. The van der Waals surface area contributed by atoms with E-state index in [1.807, 2.05) is 0 Å². The van der Waals surface area contributed by atoms with Crippen LogP contribution >= 0.6 is 0 Å². The molecule has 3 aliphatic heterocycles. The predicted octanol–water partition coefficient (Wildman–Crippen LogP) is 3.86. The number of benzene rings is 1. The molecule has 0 spiro atoms. The minimum absolute atomic E-state index is 0.192. The highest BCUT2D eigenvalue weighted by Crippen LogP contribution is 2.55. The van der Waals surface area contributed by atoms with Crippen molar-refractivity contribution in [3.63, 3.8) is 0 Å². The largest absolute Gasteiger partial charge is 0.496 e. The summed E-state index contributed by atoms with van der Waals surface area (Å²) in [5.74, 6) is 0.197. The summed E-state index contributed by atoms with van der Waals surface area (Å²) < 4.78 is 37.3. The molecule has 4 atom stereocenters. The molecule has 2 bridgehead atoms. The number of piperazine rings is 1. The SMILES string of the molecule is CNS(=O)(=O)NC(=O)C1=C2Cn3c(cc4c(OC)ccc(C5CCCCC5)c43)C3C(=C21)C=CC[C@H]3C(=O)N1C2CCC1CN(C)C2. The summed E-state index contributed by atoms with van der Waals surface area (Å²) in [5, 5.41) is 1.04. The van der Waals surface area contributed by atoms with Gasteiger partial charge < -0.3 is 19.1 Å². The van der Waals surface area contributed by atoms with Gasteiger partial charge in [-0.25, -0.2) is 9.44 Å². The summed E-state index contributed by atoms with van der Waals surface area (Å²) >= 11 is 0. The van der Waals surface area contributed by atoms with E-state index in [1.165, 1.54) is 31.9 Å². The number of hydrogen-bond acceptors (Lipinski definition) is 6. The van der Waals surface area contributed by atoms with E-state index in [2.05, 4.69) is 61.2 Å². The third-order valence-corrected chi connectivity index (χ3v) is 12.4. The van der Waals surface area contributed by atoms with Crippen molar-refractivity contribution in [1.82, 2.24) is 23.8 Å². The van der Waals surface area contributed by atoms with E-state index in [9.17, 15) is 18.0 Å². The number of carbonyl (C=O) groups excluding carboxylic acids is 2. The van der Waals surface area contributed by atoms with Crippen molar-refractivity contribution in [3.8, 4) is 5.75 Å². The summed E-state index contributed by atoms with van der Waals surface area (Å²) in [6, 6.07) is 6.97. The first-order chi connectivity index (χ1) is 22.2. The van der Waals surface area contributed by atoms with Crippen LogP contribution in [0.3, 0.4) is 0 Å². The third kappa shape index (κ3) is 4.68. The molecule has 2 amide bonds. The Balaban J connectivity index is 1.30. The van der Waals surface area contributed by atoms with Crippen molar-refractivity contribution in [1.29, 1.82) is 0 Å². The van der Waals surface area contributed by atoms with E-state index in [-0.39, 0.29) is 29.8 Å². The first kappa shape index (κ1) is 30.0. The number of likely N-dealkylation sites (N-methyl/N-ethyl adjacent to an activating group) is 1. The number of rotatable bonds is 6. The van der Waals surface area contributed by atoms with Gasteiger partial charge in [0, 0.05) is 55.8 Å². The summed E-state index contributed by atoms with van der Waals surface area (Å²) in [5.41, 5.74) is 6.49. The molecule has 4 heterocycles. The molecule has 1 aromatic heterocycles. The Morgan fingerprint density at radius 1 is 1.02 bits per heavy atom. The van der Waals surface area contributed by atoms with Gasteiger partial charge >= 0.3 is 10.2 Å². The summed E-state index contributed by atoms with van der Waals surface area (Å²) in [6.45, 7) is 2.22. The van der Waals surface area contributed by atoms with Crippen molar-refractivity contribution in [2.24, 2.45) is 5.92 Å². The number of nitrogens with one attached hydrogen (secondary N) is 2. The van der Waals surface area contributed by atoms with Crippen LogP contribution in [0.25, 0.3) is 10.9 Å². The van der Waals surface area contributed by atoms with Crippen LogP contribution in [0.15, 0.2) is 52.6 Å². The minimum atomic E-state index is -3.98. The Morgan fingerprint density at radius 2 is 1.76 bits per heavy atom. The van der Waals surface area contributed by atoms with Gasteiger partial charge in [-0.15, -0.1) is 0 Å². The van der Waals surface area contributed by atoms with E-state index >= 15 is 0 Å². The number of likely N-dealkylation sites (tertiary alicyclic amines) is 1. The fraction of sp³-hybridized carbons (Fsp3) is 0.543. The van der Waals surface area contributed by atoms with Crippen LogP contribution in [0.5, 0.6) is 5.75 Å². The number of hydrogen-bond donors (Lipinski definition) is 2. The van der Waals surface area contributed by atoms with E-state index in [0.29, 0.717) is 24.5 Å². The molecule has 3 aliphatic carbocycles. The van der Waals surface area contributed by atoms with E-state index < -0.39 is 16.1 Å². The van der Waals surface area contributed by atoms with Gasteiger partial charge in [-0.2, -0.15) is 8.42 Å². The molecule has 1 aromatic carbocycles. The fourth-order valence-corrected chi connectivity index (χ4v) is 9.85. The van der Waals surface area contributed by atoms with E-state index in [1.54, 1.807) is 7.11 Å². The molecule has 3 fully saturated rings. The molecular formula is C35H43N5O5S. The zero-order valence-electron chi connectivity index (χ0n) is 26.8. The Hall–Kier alpha value is -3.41. The van der Waals surface area contributed by atoms with Gasteiger partial charge in [0.2, 0.25) is 5.91 Å². The van der Waals surface area contributed by atoms with Crippen molar-refractivity contribution >= 4 is 32.9 Å². The zero-order chi connectivity index (χ0) is 31.9. The molecule has 11 heteroatoms. The molecule has 0 radical (unpaired) electrons. The quantitative estimate of drug-likeness (QED) is 0.494. The number of allylic oxidation sites excluding steroid dienone is 4. The van der Waals surface area contributed by atoms with Crippen molar-refractivity contribution < 1.29 is 22.7 Å². The molecule has 6 aliphatic rings. The van der Waals surface area contributed by atoms with Gasteiger partial charge in [-0.3, -0.25) is 9.59 Å². The molecule has 244 valence electrons. The zero-order valence-corrected chi connectivity index (χ0v) is 27.7. The maximum atomic E-state index is 14.7. The van der Waals surface area contributed by atoms with E-state index in [0.717, 1.165) is 77.8 Å². The van der Waals surface area contributed by atoms with Crippen LogP contribution in [0.1, 0.15) is 74.5 Å². The van der Waals surface area contributed by atoms with Gasteiger partial charge in [0.15, 0.2) is 0 Å². The molecular weight excluding hydrogens is 602 g/mol. The average molecular weight is 646 g/mol. The monoisotopic (exact) mass is 645 g/mol. The highest BCUT2D eigenvalue weighted by atomic mass is 32.2. The number of nitrogens with zero attached hydrogens (tertiary/aromatic N) is 3. The average Bonchev–Trinajstić information content (AvgIpc) is 3.59. The van der Waals surface area contributed by atoms with Gasteiger partial charge in [-0.05, 0) is 79.5 Å². The number of aromatic nitrogens is 1. The van der Waals surface area contributed by atoms with E-state index in [4.69, 9.17) is 4.74 Å². The summed E-state index contributed by atoms with van der Waals surface area (Å²) in [4.78, 5) is 32.8. The van der Waals surface area contributed by atoms with Gasteiger partial charge in [0.25, 0.3) is 5.91 Å². The molecule has 8 rings (SSSR count). The Bertz CT molecular complexity index is 1840. The van der Waals surface area contributed by atoms with Gasteiger partial charge in [0.05, 0.1) is 24.1 Å². The highest BCUT2D eigenvalue weighted by molar-refractivity contribution is 7.88. The van der Waals surface area contributed by atoms with Gasteiger partial charge in [0.1, 0.15) is 5.75 Å². The first-order valence-corrected chi connectivity index (χ1v) is 18.3. The lowest BCUT2D eigenvalue weighted by Crippen LogP contribution is -2.56. The molecule has 1 saturated carbocycles. The van der Waals surface area contributed by atoms with Crippen LogP contribution in [0.2, 0.25) is 0 Å². The number of ether oxygens (including phenoxy) is 1. The van der Waals surface area contributed by atoms with Crippen LogP contribution in [0.4, 0.5) is 0 Å². The van der Waals surface area contributed by atoms with Crippen LogP contribution < -0.4 is 14.2 Å². The highest BCUT2D eigenvalue weighted by Gasteiger charge is 2.50. The summed E-state index contributed by atoms with van der Waals surface area (Å²) in [6.07, 6.45) is 12.7. The number of amides is 2. The first-order valence-electron chi connectivity index (χ1n) is 16.8. The molecule has 2 aromatic rings. The summed E-state index contributed by atoms with van der Waals surface area (Å²) in [7, 11) is 1.14. The molecule has 3 unspecified atom stereocenters. The second kappa shape index (κ2) is 11.1. The molecule has 10 nitrogen and oxygen atoms in total. The molecule has 2 N–H and O–H groups in total. The predicted molar refractivity (Wildman–Crippen MR) is 176 cm³/mol. The number of carbonyl (C=O) groups is 2. The number of fused-ring (bicyclic) bond motifs is 8. The maximum absolute atomic E-state index is 14.7. The Morgan fingerprint density at radius 3 is 2.46 bits per heavy atom. The van der Waals surface area contributed by atoms with Crippen molar-refractivity contribution in [3.05, 3.63) is 63.9 Å². The topological polar surface area (TPSA) is 113 Å². The fourth-order valence-electron chi connectivity index (χ4n) is 9.40. The lowest BCUT2D eigenvalue weighted by molar-refractivity contribution is -0.141. The van der Waals surface area contributed by atoms with Crippen LogP contribution in [-0.2, 0) is 26.3 Å². The third-order valence-electron chi connectivity index (χ3n) is 11.4. The number of methoxy groups -OCH3 is 1. The smallest absolute Gasteiger partial charge is 0.301 e. The van der Waals surface area contributed by atoms with Crippen molar-refractivity contribution in [2.45, 2.75) is 81.8 Å². The van der Waals surface area contributed by atoms with Crippen LogP contribution in [-0.4, -0.2) is 81.0 Å². The maximum Gasteiger partial charge on any atom is 0.301 e. The normalized spacial score (nSPS) is 27.8.